The van der Waals surface area contributed by atoms with E-state index >= 15 is 0 Å². The Morgan fingerprint density at radius 3 is 2.55 bits per heavy atom. The standard InChI is InChI=1S/C27H27N7O3S/c1-18-7-9-22(10-8-18)38(36,37)33-27(35)29-15-12-20-5-4-6-21(17-20)34(3)25(23-13-16-30-32-23)31-24-19(2)11-14-28-26(24)34/h4-11,13-14,16-17H,12,15H2,1-3H3,(H2-,29,30,31,32,33,35)/p+1. The minimum atomic E-state index is -3.95. The lowest BCUT2D eigenvalue weighted by Crippen LogP contribution is -2.45. The topological polar surface area (TPSA) is 129 Å². The summed E-state index contributed by atoms with van der Waals surface area (Å²) in [5.41, 5.74) is 5.49. The minimum Gasteiger partial charge on any atom is -0.337 e. The van der Waals surface area contributed by atoms with Crippen LogP contribution in [-0.4, -0.2) is 49.1 Å². The number of urea groups is 1. The molecule has 10 nitrogen and oxygen atoms in total. The maximum atomic E-state index is 12.5. The summed E-state index contributed by atoms with van der Waals surface area (Å²) in [4.78, 5) is 22.0. The van der Waals surface area contributed by atoms with E-state index in [9.17, 15) is 13.2 Å². The lowest BCUT2D eigenvalue weighted by Gasteiger charge is -2.28. The molecule has 2 amide bonds. The molecule has 2 aromatic heterocycles. The molecule has 1 aliphatic rings. The summed E-state index contributed by atoms with van der Waals surface area (Å²) in [5.74, 6) is 1.58. The third kappa shape index (κ3) is 4.69. The highest BCUT2D eigenvalue weighted by Crippen LogP contribution is 2.46. The predicted octanol–water partition coefficient (Wildman–Crippen LogP) is 4.01. The van der Waals surface area contributed by atoms with Gasteiger partial charge in [0.15, 0.2) is 5.69 Å². The highest BCUT2D eigenvalue weighted by atomic mass is 32.2. The molecular formula is C27H28N7O3S+. The number of fused-ring (bicyclic) bond motifs is 1. The highest BCUT2D eigenvalue weighted by molar-refractivity contribution is 7.90. The van der Waals surface area contributed by atoms with Gasteiger partial charge in [-0.3, -0.25) is 5.10 Å². The van der Waals surface area contributed by atoms with E-state index in [-0.39, 0.29) is 15.9 Å². The zero-order valence-electron chi connectivity index (χ0n) is 21.3. The second-order valence-corrected chi connectivity index (χ2v) is 11.0. The van der Waals surface area contributed by atoms with E-state index in [1.165, 1.54) is 12.1 Å². The molecule has 0 saturated heterocycles. The van der Waals surface area contributed by atoms with Gasteiger partial charge < -0.3 is 5.32 Å². The zero-order chi connectivity index (χ0) is 26.9. The molecule has 0 saturated carbocycles. The number of hydrogen-bond acceptors (Lipinski definition) is 6. The van der Waals surface area contributed by atoms with E-state index in [1.807, 2.05) is 57.3 Å². The molecular weight excluding hydrogens is 502 g/mol. The number of carbonyl (C=O) groups is 1. The van der Waals surface area contributed by atoms with Crippen molar-refractivity contribution < 1.29 is 13.2 Å². The fourth-order valence-electron chi connectivity index (χ4n) is 4.48. The maximum absolute atomic E-state index is 12.5. The quantitative estimate of drug-likeness (QED) is 0.311. The van der Waals surface area contributed by atoms with E-state index in [4.69, 9.17) is 4.99 Å². The Bertz CT molecular complexity index is 1630. The number of nitrogens with one attached hydrogen (secondary N) is 3. The fourth-order valence-corrected chi connectivity index (χ4v) is 5.41. The molecule has 0 bridgehead atoms. The first-order valence-corrected chi connectivity index (χ1v) is 13.6. The van der Waals surface area contributed by atoms with Crippen LogP contribution in [0.1, 0.15) is 22.4 Å². The van der Waals surface area contributed by atoms with Gasteiger partial charge in [0.05, 0.1) is 11.9 Å². The van der Waals surface area contributed by atoms with Crippen LogP contribution in [0.2, 0.25) is 0 Å². The molecule has 1 unspecified atom stereocenters. The molecule has 4 aromatic rings. The Kier molecular flexibility index (Phi) is 6.55. The van der Waals surface area contributed by atoms with Crippen molar-refractivity contribution in [3.63, 3.8) is 0 Å². The summed E-state index contributed by atoms with van der Waals surface area (Å²) in [5, 5.41) is 9.77. The number of pyridine rings is 1. The zero-order valence-corrected chi connectivity index (χ0v) is 22.1. The smallest absolute Gasteiger partial charge is 0.328 e. The summed E-state index contributed by atoms with van der Waals surface area (Å²) in [6.45, 7) is 4.12. The van der Waals surface area contributed by atoms with Gasteiger partial charge in [-0.1, -0.05) is 29.8 Å². The van der Waals surface area contributed by atoms with Crippen molar-refractivity contribution in [2.45, 2.75) is 25.2 Å². The van der Waals surface area contributed by atoms with E-state index < -0.39 is 16.1 Å². The van der Waals surface area contributed by atoms with E-state index in [1.54, 1.807) is 24.5 Å². The average Bonchev–Trinajstić information content (AvgIpc) is 3.52. The number of aliphatic imine (C=N–C) groups is 1. The van der Waals surface area contributed by atoms with Crippen molar-refractivity contribution in [1.82, 2.24) is 29.7 Å². The number of aromatic nitrogens is 3. The van der Waals surface area contributed by atoms with Gasteiger partial charge in [0, 0.05) is 31.1 Å². The van der Waals surface area contributed by atoms with Gasteiger partial charge in [0.25, 0.3) is 21.7 Å². The maximum Gasteiger partial charge on any atom is 0.328 e. The molecule has 1 atom stereocenters. The second-order valence-electron chi connectivity index (χ2n) is 9.31. The van der Waals surface area contributed by atoms with Crippen molar-refractivity contribution in [1.29, 1.82) is 0 Å². The van der Waals surface area contributed by atoms with Crippen LogP contribution in [-0.2, 0) is 16.4 Å². The number of rotatable bonds is 7. The highest BCUT2D eigenvalue weighted by Gasteiger charge is 2.46. The molecule has 1 aliphatic heterocycles. The number of sulfonamides is 1. The predicted molar refractivity (Wildman–Crippen MR) is 146 cm³/mol. The van der Waals surface area contributed by atoms with Crippen LogP contribution in [0.5, 0.6) is 0 Å². The SMILES string of the molecule is Cc1ccc(S(=O)(=O)NC(=O)NCCc2cccc([N+]3(C)C(c4ccn[nH]4)=Nc4c(C)ccnc43)c2)cc1. The number of hydrogen-bond donors (Lipinski definition) is 3. The number of nitrogens with zero attached hydrogens (tertiary/aromatic N) is 4. The summed E-state index contributed by atoms with van der Waals surface area (Å²) in [7, 11) is -1.91. The van der Waals surface area contributed by atoms with Crippen molar-refractivity contribution in [2.24, 2.45) is 4.99 Å². The number of H-pyrrole nitrogens is 1. The largest absolute Gasteiger partial charge is 0.337 e. The number of carbonyl (C=O) groups excluding carboxylic acids is 1. The Balaban J connectivity index is 1.32. The van der Waals surface area contributed by atoms with Crippen LogP contribution in [0.15, 0.2) is 82.9 Å². The Labute approximate surface area is 221 Å². The number of amidine groups is 1. The number of aromatic amines is 1. The monoisotopic (exact) mass is 530 g/mol. The van der Waals surface area contributed by atoms with Crippen LogP contribution >= 0.6 is 0 Å². The Hall–Kier alpha value is -4.35. The third-order valence-corrected chi connectivity index (χ3v) is 7.94. The molecule has 3 heterocycles. The fraction of sp³-hybridized carbons (Fsp3) is 0.185. The van der Waals surface area contributed by atoms with Gasteiger partial charge in [-0.25, -0.2) is 22.9 Å². The lowest BCUT2D eigenvalue weighted by atomic mass is 10.1. The summed E-state index contributed by atoms with van der Waals surface area (Å²) in [6, 6.07) is 17.3. The molecule has 0 aliphatic carbocycles. The lowest BCUT2D eigenvalue weighted by molar-refractivity contribution is 0.246. The van der Waals surface area contributed by atoms with E-state index in [2.05, 4.69) is 25.2 Å². The number of quaternary nitrogens is 1. The second kappa shape index (κ2) is 9.84. The first-order chi connectivity index (χ1) is 18.2. The summed E-state index contributed by atoms with van der Waals surface area (Å²) in [6.07, 6.45) is 3.97. The first kappa shape index (κ1) is 25.3. The van der Waals surface area contributed by atoms with Crippen LogP contribution in [0, 0.1) is 13.8 Å². The molecule has 0 spiro atoms. The molecule has 194 valence electrons. The van der Waals surface area contributed by atoms with Gasteiger partial charge in [0.2, 0.25) is 0 Å². The Morgan fingerprint density at radius 1 is 1.03 bits per heavy atom. The van der Waals surface area contributed by atoms with Crippen LogP contribution in [0.4, 0.5) is 22.0 Å². The van der Waals surface area contributed by atoms with Crippen molar-refractivity contribution >= 4 is 39.1 Å². The number of aryl methyl sites for hydroxylation is 2. The molecule has 38 heavy (non-hydrogen) atoms. The number of benzene rings is 2. The van der Waals surface area contributed by atoms with Crippen LogP contribution < -0.4 is 14.5 Å². The van der Waals surface area contributed by atoms with Crippen LogP contribution in [0.3, 0.4) is 0 Å². The molecule has 11 heteroatoms. The van der Waals surface area contributed by atoms with Crippen molar-refractivity contribution in [3.05, 3.63) is 95.4 Å². The van der Waals surface area contributed by atoms with Gasteiger partial charge >= 0.3 is 6.03 Å². The first-order valence-electron chi connectivity index (χ1n) is 12.1. The van der Waals surface area contributed by atoms with Gasteiger partial charge in [-0.05, 0) is 55.7 Å². The molecule has 2 aromatic carbocycles. The van der Waals surface area contributed by atoms with Crippen LogP contribution in [0.25, 0.3) is 0 Å². The Morgan fingerprint density at radius 2 is 1.82 bits per heavy atom. The average molecular weight is 531 g/mol. The van der Waals surface area contributed by atoms with Crippen molar-refractivity contribution in [3.8, 4) is 0 Å². The van der Waals surface area contributed by atoms with Gasteiger partial charge in [0.1, 0.15) is 11.4 Å². The van der Waals surface area contributed by atoms with Gasteiger partial charge in [-0.15, -0.1) is 0 Å². The summed E-state index contributed by atoms with van der Waals surface area (Å²) >= 11 is 0. The third-order valence-electron chi connectivity index (χ3n) is 6.60. The van der Waals surface area contributed by atoms with E-state index in [0.29, 0.717) is 6.42 Å². The minimum absolute atomic E-state index is 0.0346. The molecule has 0 fully saturated rings. The van der Waals surface area contributed by atoms with E-state index in [0.717, 1.165) is 45.4 Å². The number of amides is 2. The summed E-state index contributed by atoms with van der Waals surface area (Å²) < 4.78 is 27.2. The van der Waals surface area contributed by atoms with Crippen molar-refractivity contribution in [2.75, 3.05) is 13.6 Å². The molecule has 3 N–H and O–H groups in total. The normalized spacial score (nSPS) is 16.6. The molecule has 5 rings (SSSR count). The molecule has 0 radical (unpaired) electrons. The van der Waals surface area contributed by atoms with Gasteiger partial charge in [-0.2, -0.15) is 14.6 Å².